The van der Waals surface area contributed by atoms with E-state index in [0.29, 0.717) is 17.9 Å². The van der Waals surface area contributed by atoms with Crippen molar-refractivity contribution in [3.63, 3.8) is 0 Å². The second-order valence-corrected chi connectivity index (χ2v) is 5.37. The van der Waals surface area contributed by atoms with E-state index in [0.717, 1.165) is 23.3 Å². The monoisotopic (exact) mass is 252 g/mol. The Morgan fingerprint density at radius 2 is 2.24 bits per heavy atom. The quantitative estimate of drug-likeness (QED) is 0.880. The smallest absolute Gasteiger partial charge is 0.314 e. The summed E-state index contributed by atoms with van der Waals surface area (Å²) in [5.41, 5.74) is 1.17. The first-order chi connectivity index (χ1) is 8.03. The number of carboxylic acids is 1. The van der Waals surface area contributed by atoms with Gasteiger partial charge in [0, 0.05) is 6.42 Å². The van der Waals surface area contributed by atoms with Gasteiger partial charge in [0.15, 0.2) is 0 Å². The highest BCUT2D eigenvalue weighted by molar-refractivity contribution is 6.32. The molecule has 1 aliphatic carbocycles. The van der Waals surface area contributed by atoms with Gasteiger partial charge in [-0.1, -0.05) is 17.7 Å². The summed E-state index contributed by atoms with van der Waals surface area (Å²) in [6.45, 7) is 1.99. The molecule has 1 N–H and O–H groups in total. The molecule has 0 aromatic heterocycles. The van der Waals surface area contributed by atoms with Crippen molar-refractivity contribution in [1.82, 2.24) is 0 Å². The van der Waals surface area contributed by atoms with Gasteiger partial charge in [0.1, 0.15) is 11.9 Å². The van der Waals surface area contributed by atoms with Gasteiger partial charge in [-0.2, -0.15) is 0 Å². The Labute approximate surface area is 104 Å². The Kier molecular flexibility index (Phi) is 2.17. The van der Waals surface area contributed by atoms with Crippen molar-refractivity contribution < 1.29 is 14.6 Å². The number of carboxylic acid groups (broad SMARTS) is 1. The van der Waals surface area contributed by atoms with Gasteiger partial charge >= 0.3 is 5.97 Å². The van der Waals surface area contributed by atoms with Crippen molar-refractivity contribution in [3.8, 4) is 5.75 Å². The topological polar surface area (TPSA) is 46.5 Å². The maximum atomic E-state index is 11.3. The maximum Gasteiger partial charge on any atom is 0.314 e. The summed E-state index contributed by atoms with van der Waals surface area (Å²) in [7, 11) is 0. The molecular weight excluding hydrogens is 240 g/mol. The van der Waals surface area contributed by atoms with Crippen LogP contribution in [0.1, 0.15) is 30.9 Å². The van der Waals surface area contributed by atoms with E-state index in [-0.39, 0.29) is 6.10 Å². The fraction of sp³-hybridized carbons (Fsp3) is 0.462. The van der Waals surface area contributed by atoms with E-state index in [1.165, 1.54) is 0 Å². The minimum absolute atomic E-state index is 0.123. The lowest BCUT2D eigenvalue weighted by Crippen LogP contribution is -2.19. The van der Waals surface area contributed by atoms with E-state index < -0.39 is 11.4 Å². The first kappa shape index (κ1) is 10.9. The summed E-state index contributed by atoms with van der Waals surface area (Å²) in [6, 6.07) is 3.70. The molecule has 3 nitrogen and oxygen atoms in total. The second-order valence-electron chi connectivity index (χ2n) is 4.97. The maximum absolute atomic E-state index is 11.3. The van der Waals surface area contributed by atoms with Crippen LogP contribution in [-0.4, -0.2) is 17.2 Å². The standard InChI is InChI=1S/C13H13ClO3/c1-7-4-8-5-9(6-10(14)11(8)17-7)13(2-3-13)12(15)16/h5-7H,2-4H2,1H3,(H,15,16). The normalized spacial score (nSPS) is 24.0. The molecule has 0 spiro atoms. The Hall–Kier alpha value is -1.22. The zero-order valence-corrected chi connectivity index (χ0v) is 10.3. The van der Waals surface area contributed by atoms with Gasteiger partial charge in [-0.15, -0.1) is 0 Å². The van der Waals surface area contributed by atoms with Crippen LogP contribution in [0.4, 0.5) is 0 Å². The number of aliphatic carboxylic acids is 1. The van der Waals surface area contributed by atoms with Gasteiger partial charge in [-0.3, -0.25) is 4.79 Å². The van der Waals surface area contributed by atoms with E-state index in [2.05, 4.69) is 0 Å². The number of hydrogen-bond donors (Lipinski definition) is 1. The summed E-state index contributed by atoms with van der Waals surface area (Å²) in [6.07, 6.45) is 2.33. The Morgan fingerprint density at radius 3 is 2.82 bits per heavy atom. The molecule has 1 aromatic carbocycles. The minimum Gasteiger partial charge on any atom is -0.489 e. The first-order valence-corrected chi connectivity index (χ1v) is 6.14. The molecule has 2 aliphatic rings. The molecule has 1 saturated carbocycles. The van der Waals surface area contributed by atoms with Crippen LogP contribution < -0.4 is 4.74 Å². The van der Waals surface area contributed by atoms with Crippen LogP contribution in [0.15, 0.2) is 12.1 Å². The predicted octanol–water partition coefficient (Wildman–Crippen LogP) is 2.78. The van der Waals surface area contributed by atoms with E-state index in [1.54, 1.807) is 6.07 Å². The summed E-state index contributed by atoms with van der Waals surface area (Å²) in [5.74, 6) is -0.0235. The van der Waals surface area contributed by atoms with Gasteiger partial charge in [0.2, 0.25) is 0 Å². The summed E-state index contributed by atoms with van der Waals surface area (Å²) >= 11 is 6.16. The van der Waals surface area contributed by atoms with Gasteiger partial charge < -0.3 is 9.84 Å². The average molecular weight is 253 g/mol. The molecule has 1 fully saturated rings. The summed E-state index contributed by atoms with van der Waals surface area (Å²) < 4.78 is 5.61. The van der Waals surface area contributed by atoms with Gasteiger partial charge in [-0.25, -0.2) is 0 Å². The molecule has 1 aromatic rings. The molecule has 0 saturated heterocycles. The third-order valence-electron chi connectivity index (χ3n) is 3.66. The molecule has 1 aliphatic heterocycles. The molecule has 90 valence electrons. The van der Waals surface area contributed by atoms with Crippen molar-refractivity contribution >= 4 is 17.6 Å². The highest BCUT2D eigenvalue weighted by Crippen LogP contribution is 2.51. The Balaban J connectivity index is 2.07. The van der Waals surface area contributed by atoms with Crippen molar-refractivity contribution in [3.05, 3.63) is 28.3 Å². The number of carbonyl (C=O) groups is 1. The SMILES string of the molecule is CC1Cc2cc(C3(C(=O)O)CC3)cc(Cl)c2O1. The van der Waals surface area contributed by atoms with Crippen LogP contribution in [0.25, 0.3) is 0 Å². The predicted molar refractivity (Wildman–Crippen MR) is 63.8 cm³/mol. The summed E-state index contributed by atoms with van der Waals surface area (Å²) in [4.78, 5) is 11.3. The lowest BCUT2D eigenvalue weighted by atomic mass is 9.93. The number of rotatable bonds is 2. The van der Waals surface area contributed by atoms with Crippen LogP contribution in [-0.2, 0) is 16.6 Å². The zero-order chi connectivity index (χ0) is 12.2. The van der Waals surface area contributed by atoms with E-state index in [1.807, 2.05) is 13.0 Å². The average Bonchev–Trinajstić information content (AvgIpc) is 2.97. The fourth-order valence-electron chi connectivity index (χ4n) is 2.51. The number of halogens is 1. The number of hydrogen-bond acceptors (Lipinski definition) is 2. The third-order valence-corrected chi connectivity index (χ3v) is 3.94. The van der Waals surface area contributed by atoms with Crippen LogP contribution in [0.3, 0.4) is 0 Å². The van der Waals surface area contributed by atoms with E-state index in [9.17, 15) is 9.90 Å². The molecule has 0 radical (unpaired) electrons. The first-order valence-electron chi connectivity index (χ1n) is 5.76. The molecule has 1 unspecified atom stereocenters. The van der Waals surface area contributed by atoms with Crippen LogP contribution >= 0.6 is 11.6 Å². The Bertz CT molecular complexity index is 506. The van der Waals surface area contributed by atoms with Crippen molar-refractivity contribution in [2.45, 2.75) is 37.7 Å². The molecule has 1 heterocycles. The zero-order valence-electron chi connectivity index (χ0n) is 9.50. The molecule has 0 amide bonds. The third kappa shape index (κ3) is 1.53. The van der Waals surface area contributed by atoms with Crippen molar-refractivity contribution in [2.75, 3.05) is 0 Å². The Morgan fingerprint density at radius 1 is 1.53 bits per heavy atom. The molecular formula is C13H13ClO3. The van der Waals surface area contributed by atoms with Crippen LogP contribution in [0.5, 0.6) is 5.75 Å². The lowest BCUT2D eigenvalue weighted by Gasteiger charge is -2.12. The highest BCUT2D eigenvalue weighted by atomic mass is 35.5. The lowest BCUT2D eigenvalue weighted by molar-refractivity contribution is -0.140. The van der Waals surface area contributed by atoms with E-state index >= 15 is 0 Å². The molecule has 1 atom stereocenters. The van der Waals surface area contributed by atoms with Gasteiger partial charge in [-0.05, 0) is 37.0 Å². The number of benzene rings is 1. The number of ether oxygens (including phenoxy) is 1. The fourth-order valence-corrected chi connectivity index (χ4v) is 2.80. The minimum atomic E-state index is -0.750. The van der Waals surface area contributed by atoms with E-state index in [4.69, 9.17) is 16.3 Å². The molecule has 17 heavy (non-hydrogen) atoms. The largest absolute Gasteiger partial charge is 0.489 e. The van der Waals surface area contributed by atoms with Gasteiger partial charge in [0.05, 0.1) is 10.4 Å². The van der Waals surface area contributed by atoms with Gasteiger partial charge in [0.25, 0.3) is 0 Å². The molecule has 0 bridgehead atoms. The highest BCUT2D eigenvalue weighted by Gasteiger charge is 2.52. The van der Waals surface area contributed by atoms with Crippen molar-refractivity contribution in [2.24, 2.45) is 0 Å². The van der Waals surface area contributed by atoms with Crippen LogP contribution in [0, 0.1) is 0 Å². The molecule has 4 heteroatoms. The summed E-state index contributed by atoms with van der Waals surface area (Å²) in [5, 5.41) is 9.81. The molecule has 3 rings (SSSR count). The van der Waals surface area contributed by atoms with Crippen molar-refractivity contribution in [1.29, 1.82) is 0 Å². The number of fused-ring (bicyclic) bond motifs is 1. The second kappa shape index (κ2) is 3.39. The van der Waals surface area contributed by atoms with Crippen LogP contribution in [0.2, 0.25) is 5.02 Å².